The third-order valence-corrected chi connectivity index (χ3v) is 6.73. The van der Waals surface area contributed by atoms with E-state index < -0.39 is 0 Å². The van der Waals surface area contributed by atoms with E-state index in [9.17, 15) is 0 Å². The van der Waals surface area contributed by atoms with Crippen molar-refractivity contribution in [3.8, 4) is 11.6 Å². The SMILES string of the molecule is Cc1ccc(Oc2ncnc(N3CCN(C(c4ccccc4)c4ccccc4)CC3)c2N)cc1C. The number of aryl methyl sites for hydroxylation is 2. The third-order valence-electron chi connectivity index (χ3n) is 6.73. The first-order chi connectivity index (χ1) is 17.1. The quantitative estimate of drug-likeness (QED) is 0.412. The molecule has 0 saturated carbocycles. The highest BCUT2D eigenvalue weighted by atomic mass is 16.5. The van der Waals surface area contributed by atoms with Crippen LogP contribution >= 0.6 is 0 Å². The van der Waals surface area contributed by atoms with Gasteiger partial charge in [0.25, 0.3) is 0 Å². The van der Waals surface area contributed by atoms with Crippen LogP contribution in [0.2, 0.25) is 0 Å². The number of hydrogen-bond acceptors (Lipinski definition) is 6. The fourth-order valence-electron chi connectivity index (χ4n) is 4.67. The standard InChI is InChI=1S/C29H31N5O/c1-21-13-14-25(19-22(21)2)35-29-26(30)28(31-20-32-29)34-17-15-33(16-18-34)27(23-9-5-3-6-10-23)24-11-7-4-8-12-24/h3-14,19-20,27H,15-18,30H2,1-2H3. The number of piperazine rings is 1. The van der Waals surface area contributed by atoms with Gasteiger partial charge in [0.15, 0.2) is 5.82 Å². The van der Waals surface area contributed by atoms with Crippen molar-refractivity contribution in [3.63, 3.8) is 0 Å². The molecule has 5 rings (SSSR count). The largest absolute Gasteiger partial charge is 0.437 e. The average molecular weight is 466 g/mol. The second-order valence-corrected chi connectivity index (χ2v) is 9.01. The predicted molar refractivity (Wildman–Crippen MR) is 141 cm³/mol. The first-order valence-electron chi connectivity index (χ1n) is 12.0. The van der Waals surface area contributed by atoms with Gasteiger partial charge in [-0.05, 0) is 48.2 Å². The molecule has 0 spiro atoms. The molecule has 0 atom stereocenters. The van der Waals surface area contributed by atoms with Crippen molar-refractivity contribution in [1.82, 2.24) is 14.9 Å². The van der Waals surface area contributed by atoms with Gasteiger partial charge in [0.05, 0.1) is 6.04 Å². The minimum absolute atomic E-state index is 0.214. The van der Waals surface area contributed by atoms with Crippen LogP contribution in [0.15, 0.2) is 85.2 Å². The number of anilines is 2. The molecule has 1 aromatic heterocycles. The summed E-state index contributed by atoms with van der Waals surface area (Å²) in [5.74, 6) is 1.85. The lowest BCUT2D eigenvalue weighted by Crippen LogP contribution is -2.48. The summed E-state index contributed by atoms with van der Waals surface area (Å²) in [6.45, 7) is 7.57. The second kappa shape index (κ2) is 10.2. The number of hydrogen-bond donors (Lipinski definition) is 1. The number of nitrogens with two attached hydrogens (primary N) is 1. The molecule has 0 unspecified atom stereocenters. The van der Waals surface area contributed by atoms with Crippen molar-refractivity contribution in [2.45, 2.75) is 19.9 Å². The minimum Gasteiger partial charge on any atom is -0.437 e. The number of aromatic nitrogens is 2. The van der Waals surface area contributed by atoms with Gasteiger partial charge in [-0.3, -0.25) is 4.90 Å². The predicted octanol–water partition coefficient (Wildman–Crippen LogP) is 5.38. The van der Waals surface area contributed by atoms with E-state index in [4.69, 9.17) is 10.5 Å². The van der Waals surface area contributed by atoms with E-state index in [1.807, 2.05) is 18.2 Å². The molecule has 0 radical (unpaired) electrons. The summed E-state index contributed by atoms with van der Waals surface area (Å²) in [4.78, 5) is 13.6. The fourth-order valence-corrected chi connectivity index (χ4v) is 4.67. The Balaban J connectivity index is 1.33. The van der Waals surface area contributed by atoms with Gasteiger partial charge in [0.1, 0.15) is 17.8 Å². The molecule has 2 N–H and O–H groups in total. The molecule has 0 aliphatic carbocycles. The Labute approximate surface area is 207 Å². The number of ether oxygens (including phenoxy) is 1. The van der Waals surface area contributed by atoms with Crippen molar-refractivity contribution in [3.05, 3.63) is 107 Å². The van der Waals surface area contributed by atoms with E-state index in [-0.39, 0.29) is 6.04 Å². The summed E-state index contributed by atoms with van der Waals surface area (Å²) in [6, 6.07) is 27.6. The smallest absolute Gasteiger partial charge is 0.248 e. The van der Waals surface area contributed by atoms with Gasteiger partial charge in [-0.25, -0.2) is 4.98 Å². The fraction of sp³-hybridized carbons (Fsp3) is 0.241. The van der Waals surface area contributed by atoms with E-state index in [0.717, 1.165) is 43.3 Å². The van der Waals surface area contributed by atoms with Gasteiger partial charge in [-0.1, -0.05) is 66.7 Å². The molecule has 1 fully saturated rings. The maximum Gasteiger partial charge on any atom is 0.248 e. The highest BCUT2D eigenvalue weighted by Gasteiger charge is 2.28. The molecule has 6 nitrogen and oxygen atoms in total. The minimum atomic E-state index is 0.214. The topological polar surface area (TPSA) is 67.5 Å². The van der Waals surface area contributed by atoms with Gasteiger partial charge in [-0.15, -0.1) is 0 Å². The van der Waals surface area contributed by atoms with E-state index >= 15 is 0 Å². The van der Waals surface area contributed by atoms with E-state index in [1.165, 1.54) is 23.0 Å². The van der Waals surface area contributed by atoms with Crippen molar-refractivity contribution in [2.75, 3.05) is 36.8 Å². The molecule has 0 amide bonds. The van der Waals surface area contributed by atoms with Gasteiger partial charge in [0.2, 0.25) is 5.88 Å². The normalized spacial score (nSPS) is 14.3. The number of benzene rings is 3. The van der Waals surface area contributed by atoms with Crippen LogP contribution in [0, 0.1) is 13.8 Å². The Hall–Kier alpha value is -3.90. The first kappa shape index (κ1) is 22.9. The lowest BCUT2D eigenvalue weighted by Gasteiger charge is -2.40. The zero-order valence-electron chi connectivity index (χ0n) is 20.3. The van der Waals surface area contributed by atoms with Gasteiger partial charge in [-0.2, -0.15) is 4.98 Å². The van der Waals surface area contributed by atoms with Crippen LogP contribution in [0.5, 0.6) is 11.6 Å². The summed E-state index contributed by atoms with van der Waals surface area (Å²) in [5, 5.41) is 0. The molecule has 1 aliphatic heterocycles. The molecule has 6 heteroatoms. The lowest BCUT2D eigenvalue weighted by molar-refractivity contribution is 0.212. The summed E-state index contributed by atoms with van der Waals surface area (Å²) in [5.41, 5.74) is 12.0. The molecule has 178 valence electrons. The second-order valence-electron chi connectivity index (χ2n) is 9.01. The Morgan fingerprint density at radius 3 is 2.00 bits per heavy atom. The number of nitrogen functional groups attached to an aromatic ring is 1. The van der Waals surface area contributed by atoms with Gasteiger partial charge >= 0.3 is 0 Å². The monoisotopic (exact) mass is 465 g/mol. The molecule has 0 bridgehead atoms. The lowest BCUT2D eigenvalue weighted by atomic mass is 9.96. The third kappa shape index (κ3) is 4.98. The Morgan fingerprint density at radius 1 is 0.771 bits per heavy atom. The molecule has 4 aromatic rings. The Morgan fingerprint density at radius 2 is 1.40 bits per heavy atom. The summed E-state index contributed by atoms with van der Waals surface area (Å²) in [6.07, 6.45) is 1.53. The van der Waals surface area contributed by atoms with Crippen molar-refractivity contribution in [1.29, 1.82) is 0 Å². The van der Waals surface area contributed by atoms with Crippen molar-refractivity contribution < 1.29 is 4.74 Å². The van der Waals surface area contributed by atoms with E-state index in [1.54, 1.807) is 0 Å². The summed E-state index contributed by atoms with van der Waals surface area (Å²) >= 11 is 0. The highest BCUT2D eigenvalue weighted by molar-refractivity contribution is 5.68. The molecule has 2 heterocycles. The van der Waals surface area contributed by atoms with Crippen LogP contribution in [0.4, 0.5) is 11.5 Å². The van der Waals surface area contributed by atoms with Gasteiger partial charge < -0.3 is 15.4 Å². The van der Waals surface area contributed by atoms with Crippen LogP contribution in [0.25, 0.3) is 0 Å². The summed E-state index contributed by atoms with van der Waals surface area (Å²) in [7, 11) is 0. The van der Waals surface area contributed by atoms with Crippen LogP contribution in [-0.2, 0) is 0 Å². The summed E-state index contributed by atoms with van der Waals surface area (Å²) < 4.78 is 6.04. The van der Waals surface area contributed by atoms with Crippen LogP contribution < -0.4 is 15.4 Å². The number of nitrogens with zero attached hydrogens (tertiary/aromatic N) is 4. The molecule has 3 aromatic carbocycles. The highest BCUT2D eigenvalue weighted by Crippen LogP contribution is 2.34. The molecule has 1 saturated heterocycles. The van der Waals surface area contributed by atoms with Gasteiger partial charge in [0, 0.05) is 26.2 Å². The van der Waals surface area contributed by atoms with Crippen LogP contribution in [-0.4, -0.2) is 41.0 Å². The molecular weight excluding hydrogens is 434 g/mol. The number of rotatable bonds is 6. The maximum atomic E-state index is 6.50. The van der Waals surface area contributed by atoms with Crippen LogP contribution in [0.1, 0.15) is 28.3 Å². The average Bonchev–Trinajstić information content (AvgIpc) is 2.89. The van der Waals surface area contributed by atoms with E-state index in [2.05, 4.69) is 94.3 Å². The maximum absolute atomic E-state index is 6.50. The zero-order chi connectivity index (χ0) is 24.2. The van der Waals surface area contributed by atoms with Crippen molar-refractivity contribution in [2.24, 2.45) is 0 Å². The first-order valence-corrected chi connectivity index (χ1v) is 12.0. The molecular formula is C29H31N5O. The zero-order valence-corrected chi connectivity index (χ0v) is 20.3. The molecule has 35 heavy (non-hydrogen) atoms. The Bertz CT molecular complexity index is 1230. The van der Waals surface area contributed by atoms with E-state index in [0.29, 0.717) is 11.6 Å². The molecule has 1 aliphatic rings. The Kier molecular flexibility index (Phi) is 6.64. The van der Waals surface area contributed by atoms with Crippen molar-refractivity contribution >= 4 is 11.5 Å². The van der Waals surface area contributed by atoms with Crippen LogP contribution in [0.3, 0.4) is 0 Å².